The molecule has 0 unspecified atom stereocenters. The van der Waals surface area contributed by atoms with Crippen molar-refractivity contribution in [3.63, 3.8) is 0 Å². The van der Waals surface area contributed by atoms with Crippen LogP contribution in [-0.2, 0) is 9.59 Å². The van der Waals surface area contributed by atoms with E-state index >= 15 is 0 Å². The number of hydrogen-bond donors (Lipinski definition) is 0. The van der Waals surface area contributed by atoms with Crippen LogP contribution in [0, 0.1) is 5.41 Å². The van der Waals surface area contributed by atoms with Crippen molar-refractivity contribution in [2.45, 2.75) is 64.7 Å². The number of allylic oxidation sites excluding steroid dienone is 3. The van der Waals surface area contributed by atoms with E-state index < -0.39 is 5.41 Å². The van der Waals surface area contributed by atoms with Crippen LogP contribution in [0.5, 0.6) is 0 Å². The molecule has 0 atom stereocenters. The summed E-state index contributed by atoms with van der Waals surface area (Å²) in [4.78, 5) is 27.7. The molecule has 1 aliphatic rings. The smallest absolute Gasteiger partial charge is 0.262 e. The molecule has 0 aliphatic carbocycles. The highest BCUT2D eigenvalue weighted by Gasteiger charge is 2.57. The topological polar surface area (TPSA) is 40.6 Å². The van der Waals surface area contributed by atoms with Gasteiger partial charge in [-0.05, 0) is 49.9 Å². The molecule has 2 aromatic carbocycles. The monoisotopic (exact) mass is 444 g/mol. The highest BCUT2D eigenvalue weighted by Crippen LogP contribution is 2.43. The molecule has 1 heterocycles. The third kappa shape index (κ3) is 5.62. The van der Waals surface area contributed by atoms with Crippen molar-refractivity contribution in [3.8, 4) is 0 Å². The quantitative estimate of drug-likeness (QED) is 0.186. The number of amides is 2. The van der Waals surface area contributed by atoms with Crippen LogP contribution in [0.15, 0.2) is 85.5 Å². The van der Waals surface area contributed by atoms with Crippen molar-refractivity contribution < 1.29 is 9.59 Å². The molecule has 3 rings (SSSR count). The van der Waals surface area contributed by atoms with Crippen molar-refractivity contribution in [2.24, 2.45) is 5.41 Å². The van der Waals surface area contributed by atoms with Crippen LogP contribution in [0.1, 0.15) is 64.7 Å². The summed E-state index contributed by atoms with van der Waals surface area (Å²) in [5, 5.41) is 3.06. The second-order valence-corrected chi connectivity index (χ2v) is 8.71. The van der Waals surface area contributed by atoms with Crippen LogP contribution in [0.4, 0.5) is 11.4 Å². The fourth-order valence-electron chi connectivity index (χ4n) is 4.41. The molecule has 0 spiro atoms. The molecule has 33 heavy (non-hydrogen) atoms. The normalized spacial score (nSPS) is 15.5. The zero-order valence-electron chi connectivity index (χ0n) is 19.8. The molecular formula is C29H36N2O2. The number of carbonyl (C=O) groups is 2. The highest BCUT2D eigenvalue weighted by atomic mass is 16.2. The van der Waals surface area contributed by atoms with Crippen LogP contribution in [0.2, 0.25) is 0 Å². The third-order valence-corrected chi connectivity index (χ3v) is 6.26. The Morgan fingerprint density at radius 3 is 1.76 bits per heavy atom. The van der Waals surface area contributed by atoms with Gasteiger partial charge in [-0.2, -0.15) is 0 Å². The number of nitrogens with zero attached hydrogens (tertiary/aromatic N) is 2. The van der Waals surface area contributed by atoms with E-state index in [2.05, 4.69) is 19.6 Å². The Balaban J connectivity index is 1.81. The van der Waals surface area contributed by atoms with E-state index in [1.807, 2.05) is 66.7 Å². The fourth-order valence-corrected chi connectivity index (χ4v) is 4.41. The lowest BCUT2D eigenvalue weighted by Gasteiger charge is -2.27. The van der Waals surface area contributed by atoms with Crippen molar-refractivity contribution >= 4 is 23.2 Å². The first kappa shape index (κ1) is 24.5. The molecule has 2 aromatic rings. The molecule has 0 N–H and O–H groups in total. The van der Waals surface area contributed by atoms with Gasteiger partial charge in [0.05, 0.1) is 11.4 Å². The summed E-state index contributed by atoms with van der Waals surface area (Å²) in [6.45, 7) is 6.09. The lowest BCUT2D eigenvalue weighted by Crippen LogP contribution is -2.41. The summed E-state index contributed by atoms with van der Waals surface area (Å²) >= 11 is 0. The number of hydrazine groups is 1. The zero-order chi connectivity index (χ0) is 23.5. The molecule has 4 nitrogen and oxygen atoms in total. The van der Waals surface area contributed by atoms with Gasteiger partial charge in [-0.25, -0.2) is 10.0 Å². The first-order valence-corrected chi connectivity index (χ1v) is 12.2. The zero-order valence-corrected chi connectivity index (χ0v) is 19.8. The van der Waals surface area contributed by atoms with Crippen LogP contribution in [-0.4, -0.2) is 11.8 Å². The van der Waals surface area contributed by atoms with E-state index in [1.165, 1.54) is 42.1 Å². The largest absolute Gasteiger partial charge is 0.271 e. The van der Waals surface area contributed by atoms with Gasteiger partial charge in [0.2, 0.25) is 0 Å². The molecule has 1 fully saturated rings. The molecule has 1 aliphatic heterocycles. The molecular weight excluding hydrogens is 408 g/mol. The molecule has 2 amide bonds. The van der Waals surface area contributed by atoms with Gasteiger partial charge in [-0.15, -0.1) is 6.58 Å². The van der Waals surface area contributed by atoms with Crippen LogP contribution in [0.25, 0.3) is 0 Å². The first-order chi connectivity index (χ1) is 16.2. The van der Waals surface area contributed by atoms with Crippen LogP contribution < -0.4 is 10.0 Å². The average Bonchev–Trinajstić information content (AvgIpc) is 3.06. The summed E-state index contributed by atoms with van der Waals surface area (Å²) < 4.78 is 0. The Morgan fingerprint density at radius 1 is 0.727 bits per heavy atom. The van der Waals surface area contributed by atoms with Crippen LogP contribution >= 0.6 is 0 Å². The SMILES string of the molecule is C=CCC1(CC=CCCCCCCCC)C(=O)N(c2ccccc2)N(c2ccccc2)C1=O. The van der Waals surface area contributed by atoms with Gasteiger partial charge in [0.25, 0.3) is 11.8 Å². The van der Waals surface area contributed by atoms with E-state index in [0.717, 1.165) is 12.8 Å². The van der Waals surface area contributed by atoms with Crippen LogP contribution in [0.3, 0.4) is 0 Å². The number of para-hydroxylation sites is 2. The minimum Gasteiger partial charge on any atom is -0.271 e. The highest BCUT2D eigenvalue weighted by molar-refractivity contribution is 6.26. The number of hydrogen-bond acceptors (Lipinski definition) is 2. The van der Waals surface area contributed by atoms with Gasteiger partial charge in [-0.1, -0.05) is 93.7 Å². The van der Waals surface area contributed by atoms with Gasteiger partial charge in [0, 0.05) is 0 Å². The maximum atomic E-state index is 13.9. The molecule has 174 valence electrons. The minimum absolute atomic E-state index is 0.202. The van der Waals surface area contributed by atoms with E-state index in [1.54, 1.807) is 6.08 Å². The Kier molecular flexibility index (Phi) is 9.05. The molecule has 0 bridgehead atoms. The standard InChI is InChI=1S/C29H36N2O2/c1-3-5-6-7-8-9-10-11-18-24-29(23-4-2)27(32)30(25-19-14-12-15-20-25)31(28(29)33)26-21-16-13-17-22-26/h4,11-22H,2-3,5-10,23-24H2,1H3. The second kappa shape index (κ2) is 12.2. The number of rotatable bonds is 13. The number of anilines is 2. The predicted molar refractivity (Wildman–Crippen MR) is 137 cm³/mol. The lowest BCUT2D eigenvalue weighted by atomic mass is 9.79. The fraction of sp³-hybridized carbons (Fsp3) is 0.379. The minimum atomic E-state index is -1.18. The average molecular weight is 445 g/mol. The Bertz CT molecular complexity index is 879. The van der Waals surface area contributed by atoms with Gasteiger partial charge in [0.1, 0.15) is 5.41 Å². The number of carbonyl (C=O) groups excluding carboxylic acids is 2. The lowest BCUT2D eigenvalue weighted by molar-refractivity contribution is -0.134. The van der Waals surface area contributed by atoms with Crippen molar-refractivity contribution in [3.05, 3.63) is 85.5 Å². The molecule has 4 heteroatoms. The molecule has 0 radical (unpaired) electrons. The van der Waals surface area contributed by atoms with E-state index in [0.29, 0.717) is 24.2 Å². The number of benzene rings is 2. The van der Waals surface area contributed by atoms with E-state index in [9.17, 15) is 9.59 Å². The maximum Gasteiger partial charge on any atom is 0.262 e. The second-order valence-electron chi connectivity index (χ2n) is 8.71. The molecule has 0 saturated carbocycles. The van der Waals surface area contributed by atoms with Gasteiger partial charge < -0.3 is 0 Å². The Hall–Kier alpha value is -3.14. The van der Waals surface area contributed by atoms with Crippen molar-refractivity contribution in [1.82, 2.24) is 0 Å². The van der Waals surface area contributed by atoms with Gasteiger partial charge >= 0.3 is 0 Å². The maximum absolute atomic E-state index is 13.9. The van der Waals surface area contributed by atoms with E-state index in [-0.39, 0.29) is 11.8 Å². The summed E-state index contributed by atoms with van der Waals surface area (Å²) in [7, 11) is 0. The summed E-state index contributed by atoms with van der Waals surface area (Å²) in [5.41, 5.74) is 0.189. The molecule has 1 saturated heterocycles. The molecule has 0 aromatic heterocycles. The summed E-state index contributed by atoms with van der Waals surface area (Å²) in [6, 6.07) is 18.8. The predicted octanol–water partition coefficient (Wildman–Crippen LogP) is 7.24. The summed E-state index contributed by atoms with van der Waals surface area (Å²) in [6.07, 6.45) is 15.0. The van der Waals surface area contributed by atoms with Crippen molar-refractivity contribution in [1.29, 1.82) is 0 Å². The van der Waals surface area contributed by atoms with E-state index in [4.69, 9.17) is 0 Å². The Labute approximate surface area is 198 Å². The Morgan fingerprint density at radius 2 is 1.24 bits per heavy atom. The van der Waals surface area contributed by atoms with Crippen molar-refractivity contribution in [2.75, 3.05) is 10.0 Å². The number of unbranched alkanes of at least 4 members (excludes halogenated alkanes) is 6. The van der Waals surface area contributed by atoms with Gasteiger partial charge in [-0.3, -0.25) is 9.59 Å². The third-order valence-electron chi connectivity index (χ3n) is 6.26. The summed E-state index contributed by atoms with van der Waals surface area (Å²) in [5.74, 6) is -0.404. The van der Waals surface area contributed by atoms with Gasteiger partial charge in [0.15, 0.2) is 0 Å². The first-order valence-electron chi connectivity index (χ1n) is 12.2.